The molecule has 1 aliphatic heterocycles. The van der Waals surface area contributed by atoms with Gasteiger partial charge in [-0.2, -0.15) is 0 Å². The lowest BCUT2D eigenvalue weighted by Gasteiger charge is -2.27. The minimum atomic E-state index is -0.0157. The van der Waals surface area contributed by atoms with Gasteiger partial charge in [0.15, 0.2) is 5.96 Å². The van der Waals surface area contributed by atoms with Crippen LogP contribution in [0.5, 0.6) is 0 Å². The Labute approximate surface area is 183 Å². The van der Waals surface area contributed by atoms with Crippen LogP contribution < -0.4 is 10.6 Å². The van der Waals surface area contributed by atoms with E-state index in [1.807, 2.05) is 30.6 Å². The van der Waals surface area contributed by atoms with Crippen molar-refractivity contribution < 1.29 is 9.84 Å². The van der Waals surface area contributed by atoms with E-state index in [4.69, 9.17) is 4.74 Å². The number of imidazole rings is 1. The first-order valence-electron chi connectivity index (χ1n) is 9.42. The summed E-state index contributed by atoms with van der Waals surface area (Å²) in [7, 11) is 1.76. The van der Waals surface area contributed by atoms with Crippen molar-refractivity contribution in [3.63, 3.8) is 0 Å². The minimum absolute atomic E-state index is 0. The summed E-state index contributed by atoms with van der Waals surface area (Å²) in [6.07, 6.45) is 5.51. The van der Waals surface area contributed by atoms with Crippen molar-refractivity contribution in [2.24, 2.45) is 10.4 Å². The average molecular weight is 499 g/mol. The second-order valence-corrected chi connectivity index (χ2v) is 7.01. The van der Waals surface area contributed by atoms with E-state index in [-0.39, 0.29) is 36.0 Å². The van der Waals surface area contributed by atoms with Gasteiger partial charge in [0.2, 0.25) is 0 Å². The van der Waals surface area contributed by atoms with E-state index < -0.39 is 0 Å². The molecule has 8 heteroatoms. The Hall–Kier alpha value is -1.65. The molecule has 2 heterocycles. The van der Waals surface area contributed by atoms with Gasteiger partial charge >= 0.3 is 0 Å². The molecule has 1 aromatic heterocycles. The number of nitrogens with zero attached hydrogens (tertiary/aromatic N) is 3. The maximum absolute atomic E-state index is 9.35. The third-order valence-electron chi connectivity index (χ3n) is 5.09. The molecule has 1 fully saturated rings. The summed E-state index contributed by atoms with van der Waals surface area (Å²) >= 11 is 0. The molecular formula is C20H30IN5O2. The van der Waals surface area contributed by atoms with Gasteiger partial charge in [0.25, 0.3) is 0 Å². The Bertz CT molecular complexity index is 729. The van der Waals surface area contributed by atoms with Crippen molar-refractivity contribution in [3.8, 4) is 0 Å². The highest BCUT2D eigenvalue weighted by atomic mass is 127. The highest BCUT2D eigenvalue weighted by molar-refractivity contribution is 14.0. The van der Waals surface area contributed by atoms with Gasteiger partial charge in [-0.15, -0.1) is 24.0 Å². The Morgan fingerprint density at radius 1 is 1.32 bits per heavy atom. The van der Waals surface area contributed by atoms with E-state index in [2.05, 4.69) is 37.3 Å². The molecule has 0 aliphatic carbocycles. The molecular weight excluding hydrogens is 469 g/mol. The van der Waals surface area contributed by atoms with Crippen molar-refractivity contribution in [1.29, 1.82) is 0 Å². The largest absolute Gasteiger partial charge is 0.396 e. The first-order chi connectivity index (χ1) is 13.2. The smallest absolute Gasteiger partial charge is 0.191 e. The average Bonchev–Trinajstić information content (AvgIpc) is 3.33. The summed E-state index contributed by atoms with van der Waals surface area (Å²) in [5, 5.41) is 16.1. The maximum Gasteiger partial charge on any atom is 0.191 e. The van der Waals surface area contributed by atoms with Crippen LogP contribution in [0.1, 0.15) is 24.2 Å². The van der Waals surface area contributed by atoms with Gasteiger partial charge in [0.05, 0.1) is 13.2 Å². The first-order valence-corrected chi connectivity index (χ1v) is 9.42. The van der Waals surface area contributed by atoms with Gasteiger partial charge in [0.1, 0.15) is 5.82 Å². The molecule has 0 saturated carbocycles. The van der Waals surface area contributed by atoms with Crippen LogP contribution in [-0.2, 0) is 17.8 Å². The third kappa shape index (κ3) is 6.18. The summed E-state index contributed by atoms with van der Waals surface area (Å²) in [6, 6.07) is 10.3. The number of benzene rings is 1. The number of rotatable bonds is 8. The van der Waals surface area contributed by atoms with Crippen molar-refractivity contribution >= 4 is 29.9 Å². The first kappa shape index (κ1) is 22.6. The summed E-state index contributed by atoms with van der Waals surface area (Å²) in [6.45, 7) is 3.72. The summed E-state index contributed by atoms with van der Waals surface area (Å²) in [5.41, 5.74) is 1.23. The zero-order valence-electron chi connectivity index (χ0n) is 16.3. The van der Waals surface area contributed by atoms with Crippen molar-refractivity contribution in [2.75, 3.05) is 33.4 Å². The minimum Gasteiger partial charge on any atom is -0.396 e. The van der Waals surface area contributed by atoms with Crippen molar-refractivity contribution in [3.05, 3.63) is 54.1 Å². The molecule has 0 spiro atoms. The molecule has 1 unspecified atom stereocenters. The predicted molar refractivity (Wildman–Crippen MR) is 121 cm³/mol. The predicted octanol–water partition coefficient (Wildman–Crippen LogP) is 2.00. The molecule has 1 aromatic carbocycles. The zero-order valence-corrected chi connectivity index (χ0v) is 18.6. The molecule has 2 aromatic rings. The van der Waals surface area contributed by atoms with E-state index in [9.17, 15) is 5.11 Å². The number of aliphatic imine (C=N–C) groups is 1. The fraction of sp³-hybridized carbons (Fsp3) is 0.500. The van der Waals surface area contributed by atoms with Crippen LogP contribution in [-0.4, -0.2) is 54.0 Å². The SMILES string of the molecule is CN=C(NCc1nccn1Cc1ccccc1)NCC1(CCO)CCOC1.I. The zero-order chi connectivity index (χ0) is 19.0. The van der Waals surface area contributed by atoms with Gasteiger partial charge < -0.3 is 25.0 Å². The van der Waals surface area contributed by atoms with Crippen LogP contribution in [0.15, 0.2) is 47.7 Å². The highest BCUT2D eigenvalue weighted by Gasteiger charge is 2.34. The molecule has 7 nitrogen and oxygen atoms in total. The number of ether oxygens (including phenoxy) is 1. The number of guanidine groups is 1. The lowest BCUT2D eigenvalue weighted by Crippen LogP contribution is -2.44. The van der Waals surface area contributed by atoms with E-state index in [0.29, 0.717) is 13.2 Å². The van der Waals surface area contributed by atoms with E-state index in [0.717, 1.165) is 44.3 Å². The molecule has 0 radical (unpaired) electrons. The molecule has 1 aliphatic rings. The van der Waals surface area contributed by atoms with Gasteiger partial charge in [-0.1, -0.05) is 30.3 Å². The Morgan fingerprint density at radius 2 is 2.14 bits per heavy atom. The summed E-state index contributed by atoms with van der Waals surface area (Å²) in [5.74, 6) is 1.68. The van der Waals surface area contributed by atoms with E-state index >= 15 is 0 Å². The van der Waals surface area contributed by atoms with Gasteiger partial charge in [-0.3, -0.25) is 4.99 Å². The Balaban J connectivity index is 0.00000280. The lowest BCUT2D eigenvalue weighted by atomic mass is 9.84. The monoisotopic (exact) mass is 499 g/mol. The topological polar surface area (TPSA) is 83.7 Å². The van der Waals surface area contributed by atoms with Crippen LogP contribution in [0.3, 0.4) is 0 Å². The standard InChI is InChI=1S/C20H29N5O2.HI/c1-21-19(24-15-20(7-11-26)8-12-27-16-20)23-13-18-22-9-10-25(18)14-17-5-3-2-4-6-17;/h2-6,9-10,26H,7-8,11-16H2,1H3,(H2,21,23,24);1H. The number of aliphatic hydroxyl groups is 1. The fourth-order valence-corrected chi connectivity index (χ4v) is 3.40. The van der Waals surface area contributed by atoms with Crippen molar-refractivity contribution in [2.45, 2.75) is 25.9 Å². The van der Waals surface area contributed by atoms with Gasteiger partial charge in [-0.05, 0) is 18.4 Å². The second kappa shape index (κ2) is 11.4. The molecule has 1 saturated heterocycles. The lowest BCUT2D eigenvalue weighted by molar-refractivity contribution is 0.127. The second-order valence-electron chi connectivity index (χ2n) is 7.01. The molecule has 1 atom stereocenters. The fourth-order valence-electron chi connectivity index (χ4n) is 3.40. The third-order valence-corrected chi connectivity index (χ3v) is 5.09. The Kier molecular flexibility index (Phi) is 9.20. The molecule has 3 N–H and O–H groups in total. The molecule has 28 heavy (non-hydrogen) atoms. The maximum atomic E-state index is 9.35. The summed E-state index contributed by atoms with van der Waals surface area (Å²) < 4.78 is 7.68. The Morgan fingerprint density at radius 3 is 2.82 bits per heavy atom. The number of hydrogen-bond acceptors (Lipinski definition) is 4. The molecule has 154 valence electrons. The number of nitrogens with one attached hydrogen (secondary N) is 2. The van der Waals surface area contributed by atoms with E-state index in [1.54, 1.807) is 7.05 Å². The number of aromatic nitrogens is 2. The number of aliphatic hydroxyl groups excluding tert-OH is 1. The molecule has 0 amide bonds. The highest BCUT2D eigenvalue weighted by Crippen LogP contribution is 2.31. The molecule has 0 bridgehead atoms. The number of halogens is 1. The molecule has 3 rings (SSSR count). The van der Waals surface area contributed by atoms with Crippen LogP contribution in [0.2, 0.25) is 0 Å². The van der Waals surface area contributed by atoms with Gasteiger partial charge in [0, 0.05) is 51.2 Å². The van der Waals surface area contributed by atoms with Crippen LogP contribution in [0.25, 0.3) is 0 Å². The van der Waals surface area contributed by atoms with Crippen molar-refractivity contribution in [1.82, 2.24) is 20.2 Å². The quantitative estimate of drug-likeness (QED) is 0.294. The van der Waals surface area contributed by atoms with Crippen LogP contribution >= 0.6 is 24.0 Å². The van der Waals surface area contributed by atoms with E-state index in [1.165, 1.54) is 5.56 Å². The number of hydrogen-bond donors (Lipinski definition) is 3. The normalized spacial score (nSPS) is 19.3. The summed E-state index contributed by atoms with van der Waals surface area (Å²) in [4.78, 5) is 8.77. The van der Waals surface area contributed by atoms with Crippen LogP contribution in [0.4, 0.5) is 0 Å². The van der Waals surface area contributed by atoms with Crippen LogP contribution in [0, 0.1) is 5.41 Å². The van der Waals surface area contributed by atoms with Gasteiger partial charge in [-0.25, -0.2) is 4.98 Å².